The molecule has 0 bridgehead atoms. The van der Waals surface area contributed by atoms with Crippen LogP contribution in [0.15, 0.2) is 53.4 Å². The zero-order valence-corrected chi connectivity index (χ0v) is 17.6. The van der Waals surface area contributed by atoms with Crippen LogP contribution in [-0.4, -0.2) is 27.3 Å². The lowest BCUT2D eigenvalue weighted by Gasteiger charge is -2.13. The zero-order valence-electron chi connectivity index (χ0n) is 16.0. The summed E-state index contributed by atoms with van der Waals surface area (Å²) in [6, 6.07) is 13.3. The lowest BCUT2D eigenvalue weighted by atomic mass is 10.00. The van der Waals surface area contributed by atoms with Crippen molar-refractivity contribution in [2.24, 2.45) is 0 Å². The molecule has 9 heteroatoms. The number of carbonyl (C=O) groups is 1. The molecule has 0 amide bonds. The number of hydrogen-bond acceptors (Lipinski definition) is 6. The Morgan fingerprint density at radius 3 is 2.41 bits per heavy atom. The number of halogens is 1. The first-order valence-corrected chi connectivity index (χ1v) is 10.5. The first-order chi connectivity index (χ1) is 13.7. The quantitative estimate of drug-likeness (QED) is 0.453. The van der Waals surface area contributed by atoms with E-state index in [1.165, 1.54) is 31.4 Å². The number of carbonyl (C=O) groups excluding carboxylic acids is 1. The number of ether oxygens (including phenoxy) is 1. The van der Waals surface area contributed by atoms with Crippen LogP contribution in [0.25, 0.3) is 11.3 Å². The normalized spacial score (nSPS) is 12.8. The van der Waals surface area contributed by atoms with Crippen LogP contribution in [0, 0.1) is 18.6 Å². The number of hydrogen-bond donors (Lipinski definition) is 2. The number of aryl methyl sites for hydroxylation is 2. The van der Waals surface area contributed by atoms with Gasteiger partial charge in [0.15, 0.2) is 9.92 Å². The highest BCUT2D eigenvalue weighted by Gasteiger charge is 2.17. The van der Waals surface area contributed by atoms with E-state index in [0.29, 0.717) is 5.69 Å². The highest BCUT2D eigenvalue weighted by atomic mass is 35.5. The maximum Gasteiger partial charge on any atom is 0.337 e. The van der Waals surface area contributed by atoms with Gasteiger partial charge in [0.25, 0.3) is 0 Å². The van der Waals surface area contributed by atoms with E-state index < -0.39 is 15.9 Å². The van der Waals surface area contributed by atoms with Crippen molar-refractivity contribution >= 4 is 33.4 Å². The number of esters is 1. The van der Waals surface area contributed by atoms with Gasteiger partial charge < -0.3 is 4.74 Å². The second-order valence-electron chi connectivity index (χ2n) is 6.34. The van der Waals surface area contributed by atoms with Gasteiger partial charge >= 0.3 is 5.97 Å². The van der Waals surface area contributed by atoms with Crippen LogP contribution >= 0.6 is 11.6 Å². The minimum absolute atomic E-state index is 0.0429. The average molecular weight is 431 g/mol. The fourth-order valence-electron chi connectivity index (χ4n) is 2.92. The van der Waals surface area contributed by atoms with Crippen LogP contribution in [0.3, 0.4) is 0 Å². The van der Waals surface area contributed by atoms with Crippen molar-refractivity contribution in [1.29, 1.82) is 4.78 Å². The third kappa shape index (κ3) is 4.55. The van der Waals surface area contributed by atoms with Crippen LogP contribution in [0.2, 0.25) is 5.15 Å². The molecule has 0 aliphatic carbocycles. The van der Waals surface area contributed by atoms with Crippen molar-refractivity contribution in [1.82, 2.24) is 9.97 Å². The van der Waals surface area contributed by atoms with Crippen molar-refractivity contribution in [2.45, 2.75) is 18.7 Å². The molecular formula is C20H19ClN4O3S. The minimum atomic E-state index is -3.55. The summed E-state index contributed by atoms with van der Waals surface area (Å²) in [6.45, 7) is 3.91. The molecule has 2 aromatic carbocycles. The first-order valence-electron chi connectivity index (χ1n) is 8.57. The molecule has 0 unspecified atom stereocenters. The minimum Gasteiger partial charge on any atom is -0.465 e. The van der Waals surface area contributed by atoms with Crippen molar-refractivity contribution < 1.29 is 13.7 Å². The monoisotopic (exact) mass is 430 g/mol. The molecule has 29 heavy (non-hydrogen) atoms. The van der Waals surface area contributed by atoms with Crippen LogP contribution in [0.4, 0.5) is 5.95 Å². The van der Waals surface area contributed by atoms with Gasteiger partial charge in [-0.1, -0.05) is 35.9 Å². The Hall–Kier alpha value is -2.97. The second-order valence-corrected chi connectivity index (χ2v) is 8.52. The van der Waals surface area contributed by atoms with Gasteiger partial charge in [0.2, 0.25) is 5.95 Å². The highest BCUT2D eigenvalue weighted by molar-refractivity contribution is 7.93. The number of rotatable bonds is 5. The van der Waals surface area contributed by atoms with E-state index >= 15 is 0 Å². The number of benzene rings is 2. The fraction of sp³-hybridized carbons (Fsp3) is 0.150. The molecule has 0 fully saturated rings. The number of aromatic nitrogens is 2. The SMILES string of the molecule is COC(=O)c1cccc([S@](=N)(=O)Nc2nc(Cl)cc(-c3c(C)cccc3C)n2)c1. The van der Waals surface area contributed by atoms with E-state index in [0.717, 1.165) is 16.7 Å². The van der Waals surface area contributed by atoms with E-state index in [1.54, 1.807) is 6.07 Å². The van der Waals surface area contributed by atoms with Gasteiger partial charge in [-0.3, -0.25) is 4.72 Å². The number of anilines is 1. The Bertz CT molecular complexity index is 1180. The molecular weight excluding hydrogens is 412 g/mol. The first kappa shape index (κ1) is 20.8. The predicted octanol–water partition coefficient (Wildman–Crippen LogP) is 4.63. The summed E-state index contributed by atoms with van der Waals surface area (Å²) in [6.07, 6.45) is 0. The third-order valence-corrected chi connectivity index (χ3v) is 5.84. The highest BCUT2D eigenvalue weighted by Crippen LogP contribution is 2.28. The Morgan fingerprint density at radius 2 is 1.76 bits per heavy atom. The van der Waals surface area contributed by atoms with E-state index in [4.69, 9.17) is 16.4 Å². The molecule has 0 radical (unpaired) electrons. The smallest absolute Gasteiger partial charge is 0.337 e. The van der Waals surface area contributed by atoms with Gasteiger partial charge in [-0.05, 0) is 43.2 Å². The molecule has 0 aliphatic rings. The van der Waals surface area contributed by atoms with Crippen LogP contribution in [0.5, 0.6) is 0 Å². The molecule has 1 aromatic heterocycles. The molecule has 0 spiro atoms. The van der Waals surface area contributed by atoms with Gasteiger partial charge in [0, 0.05) is 11.6 Å². The van der Waals surface area contributed by atoms with Crippen LogP contribution in [0.1, 0.15) is 21.5 Å². The standard InChI is InChI=1S/C20H19ClN4O3S/c1-12-6-4-7-13(2)18(12)16-11-17(21)24-20(23-16)25-29(22,27)15-9-5-8-14(10-15)19(26)28-3/h4-11H,1-3H3,(H2,22,23,24,25,27)/t29-/m1/s1. The molecule has 0 saturated carbocycles. The summed E-state index contributed by atoms with van der Waals surface area (Å²) < 4.78 is 28.5. The molecule has 3 rings (SSSR count). The van der Waals surface area contributed by atoms with Gasteiger partial charge in [0.05, 0.1) is 23.3 Å². The van der Waals surface area contributed by atoms with Gasteiger partial charge in [-0.25, -0.2) is 23.8 Å². The molecule has 0 saturated heterocycles. The number of methoxy groups -OCH3 is 1. The van der Waals surface area contributed by atoms with Gasteiger partial charge in [-0.15, -0.1) is 0 Å². The van der Waals surface area contributed by atoms with Crippen LogP contribution in [-0.2, 0) is 14.7 Å². The Balaban J connectivity index is 2.00. The molecule has 3 aromatic rings. The fourth-order valence-corrected chi connectivity index (χ4v) is 4.13. The molecule has 0 aliphatic heterocycles. The topological polar surface area (TPSA) is 105 Å². The second kappa shape index (κ2) is 8.18. The predicted molar refractivity (Wildman–Crippen MR) is 112 cm³/mol. The lowest BCUT2D eigenvalue weighted by Crippen LogP contribution is -2.15. The van der Waals surface area contributed by atoms with E-state index in [1.807, 2.05) is 32.0 Å². The number of nitrogens with zero attached hydrogens (tertiary/aromatic N) is 2. The van der Waals surface area contributed by atoms with E-state index in [9.17, 15) is 9.00 Å². The summed E-state index contributed by atoms with van der Waals surface area (Å²) >= 11 is 6.16. The van der Waals surface area contributed by atoms with Gasteiger partial charge in [-0.2, -0.15) is 0 Å². The van der Waals surface area contributed by atoms with Gasteiger partial charge in [0.1, 0.15) is 5.15 Å². The Morgan fingerprint density at radius 1 is 1.10 bits per heavy atom. The molecule has 1 atom stereocenters. The molecule has 7 nitrogen and oxygen atoms in total. The maximum atomic E-state index is 13.0. The average Bonchev–Trinajstić information content (AvgIpc) is 2.66. The van der Waals surface area contributed by atoms with Crippen molar-refractivity contribution in [3.8, 4) is 11.3 Å². The summed E-state index contributed by atoms with van der Waals surface area (Å²) in [7, 11) is -2.30. The Kier molecular flexibility index (Phi) is 5.86. The van der Waals surface area contributed by atoms with Crippen molar-refractivity contribution in [2.75, 3.05) is 11.8 Å². The molecule has 1 heterocycles. The number of nitrogens with one attached hydrogen (secondary N) is 2. The summed E-state index contributed by atoms with van der Waals surface area (Å²) in [4.78, 5) is 20.3. The van der Waals surface area contributed by atoms with Crippen molar-refractivity contribution in [3.05, 3.63) is 70.4 Å². The van der Waals surface area contributed by atoms with E-state index in [2.05, 4.69) is 19.4 Å². The summed E-state index contributed by atoms with van der Waals surface area (Å²) in [5.41, 5.74) is 3.65. The zero-order chi connectivity index (χ0) is 21.2. The lowest BCUT2D eigenvalue weighted by molar-refractivity contribution is 0.0600. The van der Waals surface area contributed by atoms with E-state index in [-0.39, 0.29) is 21.6 Å². The Labute approximate surface area is 174 Å². The molecule has 2 N–H and O–H groups in total. The maximum absolute atomic E-state index is 13.0. The van der Waals surface area contributed by atoms with Crippen molar-refractivity contribution in [3.63, 3.8) is 0 Å². The third-order valence-electron chi connectivity index (χ3n) is 4.25. The largest absolute Gasteiger partial charge is 0.465 e. The summed E-state index contributed by atoms with van der Waals surface area (Å²) in [5, 5.41) is 0.152. The molecule has 150 valence electrons. The summed E-state index contributed by atoms with van der Waals surface area (Å²) in [5.74, 6) is -0.628. The van der Waals surface area contributed by atoms with Crippen LogP contribution < -0.4 is 4.72 Å².